The van der Waals surface area contributed by atoms with Crippen molar-refractivity contribution in [3.63, 3.8) is 0 Å². The van der Waals surface area contributed by atoms with Crippen molar-refractivity contribution in [2.24, 2.45) is 0 Å². The van der Waals surface area contributed by atoms with Crippen LogP contribution in [0.1, 0.15) is 11.1 Å². The minimum absolute atomic E-state index is 0.0963. The predicted octanol–water partition coefficient (Wildman–Crippen LogP) is 11.9. The number of aryl methyl sites for hydroxylation is 2. The molecule has 10 rings (SSSR count). The van der Waals surface area contributed by atoms with E-state index in [0.29, 0.717) is 0 Å². The first-order valence-electron chi connectivity index (χ1n) is 16.7. The Labute approximate surface area is 286 Å². The number of hydrogen-bond donors (Lipinski definition) is 0. The molecule has 49 heavy (non-hydrogen) atoms. The molecular weight excluding hydrogens is 617 g/mol. The second kappa shape index (κ2) is 10.5. The molecule has 0 saturated heterocycles. The third-order valence-electron chi connectivity index (χ3n) is 10.2. The second-order valence-corrected chi connectivity index (χ2v) is 14.1. The fraction of sp³-hybridized carbons (Fsp3) is 0.0444. The zero-order chi connectivity index (χ0) is 32.8. The van der Waals surface area contributed by atoms with Gasteiger partial charge >= 0.3 is 0 Å². The first kappa shape index (κ1) is 28.1. The van der Waals surface area contributed by atoms with Crippen molar-refractivity contribution in [2.45, 2.75) is 13.8 Å². The molecule has 0 bridgehead atoms. The number of rotatable bonds is 3. The van der Waals surface area contributed by atoms with Crippen LogP contribution in [0.3, 0.4) is 0 Å². The van der Waals surface area contributed by atoms with Crippen LogP contribution in [0.15, 0.2) is 150 Å². The molecule has 0 saturated carbocycles. The van der Waals surface area contributed by atoms with Crippen LogP contribution in [-0.4, -0.2) is 9.13 Å². The highest BCUT2D eigenvalue weighted by atomic mass is 32.1. The number of benzene rings is 7. The van der Waals surface area contributed by atoms with E-state index in [0.717, 1.165) is 42.7 Å². The molecule has 0 spiro atoms. The molecule has 0 aliphatic heterocycles. The maximum Gasteiger partial charge on any atom is 0.195 e. The first-order valence-corrected chi connectivity index (χ1v) is 17.5. The van der Waals surface area contributed by atoms with Crippen molar-refractivity contribution in [1.82, 2.24) is 9.13 Å². The summed E-state index contributed by atoms with van der Waals surface area (Å²) in [7, 11) is 0. The van der Waals surface area contributed by atoms with E-state index < -0.39 is 0 Å². The van der Waals surface area contributed by atoms with E-state index in [9.17, 15) is 4.79 Å². The summed E-state index contributed by atoms with van der Waals surface area (Å²) in [5.41, 5.74) is 11.9. The van der Waals surface area contributed by atoms with Crippen molar-refractivity contribution < 1.29 is 0 Å². The molecule has 0 atom stereocenters. The Balaban J connectivity index is 1.21. The predicted molar refractivity (Wildman–Crippen MR) is 209 cm³/mol. The van der Waals surface area contributed by atoms with Crippen molar-refractivity contribution in [3.05, 3.63) is 167 Å². The number of nitrogens with zero attached hydrogens (tertiary/aromatic N) is 2. The Morgan fingerprint density at radius 3 is 1.98 bits per heavy atom. The van der Waals surface area contributed by atoms with E-state index in [4.69, 9.17) is 0 Å². The molecule has 3 nitrogen and oxygen atoms in total. The molecule has 4 heteroatoms. The summed E-state index contributed by atoms with van der Waals surface area (Å²) >= 11 is 1.67. The van der Waals surface area contributed by atoms with Gasteiger partial charge in [-0.3, -0.25) is 4.79 Å². The molecule has 0 N–H and O–H groups in total. The van der Waals surface area contributed by atoms with Crippen LogP contribution in [0.5, 0.6) is 0 Å². The molecule has 232 valence electrons. The van der Waals surface area contributed by atoms with Gasteiger partial charge in [0.15, 0.2) is 5.43 Å². The summed E-state index contributed by atoms with van der Waals surface area (Å²) < 4.78 is 6.90. The van der Waals surface area contributed by atoms with Gasteiger partial charge in [-0.2, -0.15) is 0 Å². The molecule has 3 aromatic heterocycles. The Kier molecular flexibility index (Phi) is 6.03. The average Bonchev–Trinajstić information content (AvgIpc) is 3.66. The smallest absolute Gasteiger partial charge is 0.195 e. The Morgan fingerprint density at radius 2 is 1.14 bits per heavy atom. The van der Waals surface area contributed by atoms with E-state index in [1.807, 2.05) is 24.3 Å². The lowest BCUT2D eigenvalue weighted by Gasteiger charge is -2.13. The molecule has 0 radical (unpaired) electrons. The summed E-state index contributed by atoms with van der Waals surface area (Å²) in [6.07, 6.45) is 0. The monoisotopic (exact) mass is 646 g/mol. The van der Waals surface area contributed by atoms with Gasteiger partial charge in [0.25, 0.3) is 0 Å². The van der Waals surface area contributed by atoms with Gasteiger partial charge in [0.2, 0.25) is 0 Å². The zero-order valence-electron chi connectivity index (χ0n) is 27.1. The summed E-state index contributed by atoms with van der Waals surface area (Å²) in [6.45, 7) is 4.49. The molecule has 0 amide bonds. The van der Waals surface area contributed by atoms with Crippen molar-refractivity contribution in [1.29, 1.82) is 0 Å². The molecule has 0 aliphatic rings. The Hall–Kier alpha value is -5.97. The Morgan fingerprint density at radius 1 is 0.469 bits per heavy atom. The maximum atomic E-state index is 13.5. The van der Waals surface area contributed by atoms with Gasteiger partial charge in [0, 0.05) is 53.1 Å². The highest BCUT2D eigenvalue weighted by molar-refractivity contribution is 7.24. The fourth-order valence-electron chi connectivity index (χ4n) is 7.99. The van der Waals surface area contributed by atoms with Crippen LogP contribution in [0.4, 0.5) is 0 Å². The van der Waals surface area contributed by atoms with Crippen LogP contribution in [-0.2, 0) is 0 Å². The van der Waals surface area contributed by atoms with E-state index in [2.05, 4.69) is 144 Å². The molecule has 10 aromatic rings. The van der Waals surface area contributed by atoms with Gasteiger partial charge in [0.05, 0.1) is 22.1 Å². The highest BCUT2D eigenvalue weighted by Gasteiger charge is 2.22. The third-order valence-corrected chi connectivity index (χ3v) is 11.4. The Bertz CT molecular complexity index is 3020. The standard InChI is InChI=1S/C45H30N2OS/c1-27-11-10-16-33-36-26-39-42(34-14-6-8-17-38(34)46(39)31-12-4-3-5-13-31)28(2)44(36)47(43(27)33)32-22-19-29(20-23-32)30-21-24-41-37(25-30)45(48)35-15-7-9-18-40(35)49-41/h3-26H,1-2H3. The summed E-state index contributed by atoms with van der Waals surface area (Å²) in [6, 6.07) is 51.5. The van der Waals surface area contributed by atoms with Crippen LogP contribution >= 0.6 is 11.3 Å². The second-order valence-electron chi connectivity index (χ2n) is 13.0. The topological polar surface area (TPSA) is 26.9 Å². The van der Waals surface area contributed by atoms with Crippen LogP contribution < -0.4 is 5.43 Å². The summed E-state index contributed by atoms with van der Waals surface area (Å²) in [4.78, 5) is 13.5. The lowest BCUT2D eigenvalue weighted by Crippen LogP contribution is -2.01. The van der Waals surface area contributed by atoms with Gasteiger partial charge in [0.1, 0.15) is 0 Å². The van der Waals surface area contributed by atoms with E-state index in [1.54, 1.807) is 11.3 Å². The van der Waals surface area contributed by atoms with E-state index in [1.165, 1.54) is 54.7 Å². The molecule has 0 unspecified atom stereocenters. The van der Waals surface area contributed by atoms with Crippen molar-refractivity contribution in [3.8, 4) is 22.5 Å². The summed E-state index contributed by atoms with van der Waals surface area (Å²) in [5, 5.41) is 6.60. The highest BCUT2D eigenvalue weighted by Crippen LogP contribution is 2.43. The summed E-state index contributed by atoms with van der Waals surface area (Å²) in [5.74, 6) is 0. The van der Waals surface area contributed by atoms with Gasteiger partial charge in [-0.1, -0.05) is 84.9 Å². The molecule has 0 fully saturated rings. The normalized spacial score (nSPS) is 12.0. The molecular formula is C45H30N2OS. The van der Waals surface area contributed by atoms with Crippen molar-refractivity contribution in [2.75, 3.05) is 0 Å². The zero-order valence-corrected chi connectivity index (χ0v) is 27.9. The molecule has 7 aromatic carbocycles. The van der Waals surface area contributed by atoms with Crippen LogP contribution in [0, 0.1) is 13.8 Å². The van der Waals surface area contributed by atoms with E-state index in [-0.39, 0.29) is 5.43 Å². The fourth-order valence-corrected chi connectivity index (χ4v) is 9.05. The minimum atomic E-state index is 0.0963. The van der Waals surface area contributed by atoms with Crippen molar-refractivity contribution >= 4 is 75.1 Å². The molecule has 3 heterocycles. The number of aromatic nitrogens is 2. The van der Waals surface area contributed by atoms with Gasteiger partial charge in [-0.25, -0.2) is 0 Å². The van der Waals surface area contributed by atoms with Crippen LogP contribution in [0.2, 0.25) is 0 Å². The lowest BCUT2D eigenvalue weighted by atomic mass is 10.0. The molecule has 0 aliphatic carbocycles. The SMILES string of the molecule is Cc1cccc2c3cc4c(c(C)c3n(-c3ccc(-c5ccc6sc7ccccc7c(=O)c6c5)cc3)c12)c1ccccc1n4-c1ccccc1. The van der Waals surface area contributed by atoms with E-state index >= 15 is 0 Å². The lowest BCUT2D eigenvalue weighted by molar-refractivity contribution is 1.16. The van der Waals surface area contributed by atoms with Crippen LogP contribution in [0.25, 0.3) is 86.3 Å². The quantitative estimate of drug-likeness (QED) is 0.176. The number of para-hydroxylation sites is 3. The van der Waals surface area contributed by atoms with Gasteiger partial charge < -0.3 is 9.13 Å². The third kappa shape index (κ3) is 4.05. The van der Waals surface area contributed by atoms with Gasteiger partial charge in [-0.15, -0.1) is 11.3 Å². The first-order chi connectivity index (χ1) is 24.1. The number of hydrogen-bond acceptors (Lipinski definition) is 2. The van der Waals surface area contributed by atoms with Gasteiger partial charge in [-0.05, 0) is 96.8 Å². The minimum Gasteiger partial charge on any atom is -0.309 e. The largest absolute Gasteiger partial charge is 0.309 e. The number of fused-ring (bicyclic) bond motifs is 8. The maximum absolute atomic E-state index is 13.5. The average molecular weight is 647 g/mol.